The molecule has 0 spiro atoms. The van der Waals surface area contributed by atoms with Crippen molar-refractivity contribution in [3.63, 3.8) is 0 Å². The van der Waals surface area contributed by atoms with Gasteiger partial charge in [-0.1, -0.05) is 72.3 Å². The predicted molar refractivity (Wildman–Crippen MR) is 160 cm³/mol. The molecule has 4 aromatic carbocycles. The number of imidazole rings is 1. The number of hydrogen-bond donors (Lipinski definition) is 2. The molecule has 7 heteroatoms. The van der Waals surface area contributed by atoms with Gasteiger partial charge in [0.2, 0.25) is 5.91 Å². The van der Waals surface area contributed by atoms with E-state index in [-0.39, 0.29) is 18.4 Å². The van der Waals surface area contributed by atoms with Gasteiger partial charge in [-0.15, -0.1) is 0 Å². The molecule has 0 radical (unpaired) electrons. The van der Waals surface area contributed by atoms with Crippen LogP contribution in [0.15, 0.2) is 103 Å². The molecule has 2 N–H and O–H groups in total. The van der Waals surface area contributed by atoms with Crippen molar-refractivity contribution >= 4 is 39.4 Å². The lowest BCUT2D eigenvalue weighted by atomic mass is 10.0. The topological polar surface area (TPSA) is 71.9 Å². The SMILES string of the molecule is COc1ccc2nc(C(Cc3c[nH]c4ccccc34)NC(=O)Cc3ccccc3)n(Cc3cccc(Cl)c3)c2c1. The number of para-hydroxylation sites is 1. The van der Waals surface area contributed by atoms with Gasteiger partial charge in [0, 0.05) is 41.2 Å². The molecular formula is C33H29ClN4O2. The fraction of sp³-hybridized carbons (Fsp3) is 0.152. The first kappa shape index (κ1) is 25.7. The Morgan fingerprint density at radius 1 is 0.975 bits per heavy atom. The van der Waals surface area contributed by atoms with Crippen LogP contribution >= 0.6 is 11.6 Å². The number of aromatic nitrogens is 3. The van der Waals surface area contributed by atoms with Gasteiger partial charge >= 0.3 is 0 Å². The highest BCUT2D eigenvalue weighted by atomic mass is 35.5. The number of rotatable bonds is 9. The van der Waals surface area contributed by atoms with Crippen LogP contribution in [0, 0.1) is 0 Å². The van der Waals surface area contributed by atoms with Crippen molar-refractivity contribution in [2.24, 2.45) is 0 Å². The largest absolute Gasteiger partial charge is 0.497 e. The fourth-order valence-electron chi connectivity index (χ4n) is 5.25. The van der Waals surface area contributed by atoms with Crippen molar-refractivity contribution in [1.82, 2.24) is 19.9 Å². The third-order valence-corrected chi connectivity index (χ3v) is 7.40. The third-order valence-electron chi connectivity index (χ3n) is 7.17. The quantitative estimate of drug-likeness (QED) is 0.207. The summed E-state index contributed by atoms with van der Waals surface area (Å²) in [6.45, 7) is 0.540. The molecule has 2 aromatic heterocycles. The van der Waals surface area contributed by atoms with E-state index < -0.39 is 0 Å². The van der Waals surface area contributed by atoms with Crippen molar-refractivity contribution < 1.29 is 9.53 Å². The van der Waals surface area contributed by atoms with Crippen molar-refractivity contribution in [1.29, 1.82) is 0 Å². The second-order valence-electron chi connectivity index (χ2n) is 9.89. The first-order valence-corrected chi connectivity index (χ1v) is 13.6. The number of halogens is 1. The van der Waals surface area contributed by atoms with Crippen LogP contribution in [-0.4, -0.2) is 27.6 Å². The molecule has 0 aliphatic heterocycles. The molecule has 0 bridgehead atoms. The number of hydrogen-bond acceptors (Lipinski definition) is 3. The van der Waals surface area contributed by atoms with Gasteiger partial charge in [0.15, 0.2) is 0 Å². The molecule has 0 aliphatic rings. The summed E-state index contributed by atoms with van der Waals surface area (Å²) in [6, 6.07) is 31.3. The number of fused-ring (bicyclic) bond motifs is 2. The highest BCUT2D eigenvalue weighted by Crippen LogP contribution is 2.30. The second-order valence-corrected chi connectivity index (χ2v) is 10.3. The van der Waals surface area contributed by atoms with Crippen LogP contribution in [0.3, 0.4) is 0 Å². The number of carbonyl (C=O) groups excluding carboxylic acids is 1. The molecule has 2 heterocycles. The minimum Gasteiger partial charge on any atom is -0.497 e. The number of amides is 1. The zero-order chi connectivity index (χ0) is 27.5. The van der Waals surface area contributed by atoms with E-state index in [1.807, 2.05) is 91.1 Å². The summed E-state index contributed by atoms with van der Waals surface area (Å²) in [4.78, 5) is 21.9. The number of nitrogens with zero attached hydrogens (tertiary/aromatic N) is 2. The van der Waals surface area contributed by atoms with Crippen LogP contribution in [-0.2, 0) is 24.2 Å². The molecule has 6 aromatic rings. The van der Waals surface area contributed by atoms with E-state index >= 15 is 0 Å². The van der Waals surface area contributed by atoms with Gasteiger partial charge in [0.05, 0.1) is 30.6 Å². The lowest BCUT2D eigenvalue weighted by molar-refractivity contribution is -0.121. The Labute approximate surface area is 237 Å². The normalized spacial score (nSPS) is 12.1. The van der Waals surface area contributed by atoms with E-state index in [2.05, 4.69) is 27.0 Å². The molecule has 200 valence electrons. The summed E-state index contributed by atoms with van der Waals surface area (Å²) >= 11 is 6.34. The fourth-order valence-corrected chi connectivity index (χ4v) is 5.47. The summed E-state index contributed by atoms with van der Waals surface area (Å²) in [5.41, 5.74) is 5.93. The summed E-state index contributed by atoms with van der Waals surface area (Å²) in [5, 5.41) is 5.12. The van der Waals surface area contributed by atoms with Gasteiger partial charge in [-0.3, -0.25) is 4.79 Å². The van der Waals surface area contributed by atoms with Gasteiger partial charge in [-0.2, -0.15) is 0 Å². The Morgan fingerprint density at radius 2 is 1.77 bits per heavy atom. The van der Waals surface area contributed by atoms with Crippen LogP contribution in [0.4, 0.5) is 0 Å². The standard InChI is InChI=1S/C33H29ClN4O2/c1-40-26-14-15-29-31(19-26)38(21-23-10-7-11-25(34)16-23)33(37-29)30(36-32(39)17-22-8-3-2-4-9-22)18-24-20-35-28-13-6-5-12-27(24)28/h2-16,19-20,30,35H,17-18,21H2,1H3,(H,36,39). The summed E-state index contributed by atoms with van der Waals surface area (Å²) < 4.78 is 7.70. The molecule has 1 amide bonds. The maximum absolute atomic E-state index is 13.4. The lowest BCUT2D eigenvalue weighted by Gasteiger charge is -2.21. The van der Waals surface area contributed by atoms with Gasteiger partial charge < -0.3 is 19.6 Å². The molecular weight excluding hydrogens is 520 g/mol. The predicted octanol–water partition coefficient (Wildman–Crippen LogP) is 6.87. The number of H-pyrrole nitrogens is 1. The second kappa shape index (κ2) is 11.3. The first-order chi connectivity index (χ1) is 19.6. The number of nitrogens with one attached hydrogen (secondary N) is 2. The molecule has 6 rings (SSSR count). The Morgan fingerprint density at radius 3 is 2.60 bits per heavy atom. The van der Waals surface area contributed by atoms with E-state index in [0.29, 0.717) is 18.0 Å². The van der Waals surface area contributed by atoms with Crippen LogP contribution in [0.5, 0.6) is 5.75 Å². The van der Waals surface area contributed by atoms with E-state index in [0.717, 1.165) is 50.2 Å². The molecule has 0 fully saturated rings. The Bertz CT molecular complexity index is 1790. The zero-order valence-electron chi connectivity index (χ0n) is 22.1. The summed E-state index contributed by atoms with van der Waals surface area (Å²) in [6.07, 6.45) is 2.88. The average Bonchev–Trinajstić information content (AvgIpc) is 3.54. The maximum atomic E-state index is 13.4. The van der Waals surface area contributed by atoms with E-state index in [4.69, 9.17) is 21.3 Å². The van der Waals surface area contributed by atoms with E-state index in [1.165, 1.54) is 0 Å². The van der Waals surface area contributed by atoms with Crippen LogP contribution in [0.2, 0.25) is 5.02 Å². The minimum absolute atomic E-state index is 0.0602. The van der Waals surface area contributed by atoms with Crippen molar-refractivity contribution in [3.05, 3.63) is 131 Å². The number of benzene rings is 4. The Hall–Kier alpha value is -4.55. The Balaban J connectivity index is 1.45. The van der Waals surface area contributed by atoms with Gasteiger partial charge in [-0.05, 0) is 47.0 Å². The number of methoxy groups -OCH3 is 1. The highest BCUT2D eigenvalue weighted by Gasteiger charge is 2.24. The molecule has 0 saturated heterocycles. The number of carbonyl (C=O) groups is 1. The van der Waals surface area contributed by atoms with Crippen molar-refractivity contribution in [2.75, 3.05) is 7.11 Å². The first-order valence-electron chi connectivity index (χ1n) is 13.2. The monoisotopic (exact) mass is 548 g/mol. The smallest absolute Gasteiger partial charge is 0.225 e. The minimum atomic E-state index is -0.381. The Kier molecular flexibility index (Phi) is 7.25. The third kappa shape index (κ3) is 5.44. The van der Waals surface area contributed by atoms with Crippen molar-refractivity contribution in [3.8, 4) is 5.75 Å². The molecule has 40 heavy (non-hydrogen) atoms. The average molecular weight is 549 g/mol. The molecule has 1 atom stereocenters. The molecule has 0 aliphatic carbocycles. The maximum Gasteiger partial charge on any atom is 0.225 e. The van der Waals surface area contributed by atoms with E-state index in [1.54, 1.807) is 7.11 Å². The zero-order valence-corrected chi connectivity index (χ0v) is 22.9. The van der Waals surface area contributed by atoms with Gasteiger partial charge in [0.1, 0.15) is 11.6 Å². The van der Waals surface area contributed by atoms with Crippen LogP contribution < -0.4 is 10.1 Å². The van der Waals surface area contributed by atoms with Crippen LogP contribution in [0.25, 0.3) is 21.9 Å². The van der Waals surface area contributed by atoms with Crippen molar-refractivity contribution in [2.45, 2.75) is 25.4 Å². The summed E-state index contributed by atoms with van der Waals surface area (Å²) in [5.74, 6) is 1.46. The van der Waals surface area contributed by atoms with E-state index in [9.17, 15) is 4.79 Å². The van der Waals surface area contributed by atoms with Crippen LogP contribution in [0.1, 0.15) is 28.6 Å². The lowest BCUT2D eigenvalue weighted by Crippen LogP contribution is -2.33. The molecule has 1 unspecified atom stereocenters. The number of ether oxygens (including phenoxy) is 1. The molecule has 6 nitrogen and oxygen atoms in total. The number of aromatic amines is 1. The van der Waals surface area contributed by atoms with Gasteiger partial charge in [0.25, 0.3) is 0 Å². The molecule has 0 saturated carbocycles. The van der Waals surface area contributed by atoms with Gasteiger partial charge in [-0.25, -0.2) is 4.98 Å². The summed E-state index contributed by atoms with van der Waals surface area (Å²) in [7, 11) is 1.66. The highest BCUT2D eigenvalue weighted by molar-refractivity contribution is 6.30.